The Hall–Kier alpha value is -1.28. The number of halogens is 3. The molecule has 0 aromatic heterocycles. The van der Waals surface area contributed by atoms with Gasteiger partial charge in [0.05, 0.1) is 0 Å². The molecule has 200 valence electrons. The summed E-state index contributed by atoms with van der Waals surface area (Å²) in [6.07, 6.45) is 3.43. The first-order chi connectivity index (χ1) is 16.3. The molecule has 1 aliphatic rings. The summed E-state index contributed by atoms with van der Waals surface area (Å²) in [5.41, 5.74) is 14.8. The van der Waals surface area contributed by atoms with Crippen LogP contribution in [0.5, 0.6) is 0 Å². The van der Waals surface area contributed by atoms with Crippen LogP contribution in [0.4, 0.5) is 0 Å². The van der Waals surface area contributed by atoms with Crippen LogP contribution in [-0.2, 0) is 25.9 Å². The molecule has 0 amide bonds. The minimum atomic E-state index is -0.360. The first-order valence-electron chi connectivity index (χ1n) is 12.7. The van der Waals surface area contributed by atoms with Crippen molar-refractivity contribution in [2.24, 2.45) is 5.41 Å². The average molecular weight is 602 g/mol. The SMILES string of the molecule is Cc1cc(C)cc(C(C2=C(C(C)(C)C)[C]([Ti+3])=CC2)(c2cc(C)cc(C)c2)c2cc(C)cc(C)c2)c1.[Cl-].[Cl-].[Cl-]. The van der Waals surface area contributed by atoms with E-state index in [1.807, 2.05) is 0 Å². The molecule has 3 aromatic rings. The Labute approximate surface area is 261 Å². The Morgan fingerprint density at radius 2 is 0.816 bits per heavy atom. The molecule has 0 heterocycles. The summed E-state index contributed by atoms with van der Waals surface area (Å²) in [7, 11) is 0. The predicted molar refractivity (Wildman–Crippen MR) is 147 cm³/mol. The quantitative estimate of drug-likeness (QED) is 0.293. The van der Waals surface area contributed by atoms with Gasteiger partial charge in [-0.25, -0.2) is 0 Å². The van der Waals surface area contributed by atoms with E-state index in [9.17, 15) is 0 Å². The maximum absolute atomic E-state index is 2.46. The minimum absolute atomic E-state index is 0. The summed E-state index contributed by atoms with van der Waals surface area (Å²) in [6.45, 7) is 20.6. The molecule has 0 aliphatic heterocycles. The van der Waals surface area contributed by atoms with Crippen LogP contribution in [0.1, 0.15) is 77.3 Å². The van der Waals surface area contributed by atoms with Gasteiger partial charge in [0.25, 0.3) is 0 Å². The molecular weight excluding hydrogens is 563 g/mol. The van der Waals surface area contributed by atoms with E-state index in [4.69, 9.17) is 0 Å². The van der Waals surface area contributed by atoms with E-state index < -0.39 is 0 Å². The Morgan fingerprint density at radius 3 is 1.08 bits per heavy atom. The zero-order chi connectivity index (χ0) is 25.7. The molecule has 0 spiro atoms. The van der Waals surface area contributed by atoms with E-state index in [-0.39, 0.29) is 48.1 Å². The summed E-state index contributed by atoms with van der Waals surface area (Å²) in [6, 6.07) is 21.5. The van der Waals surface area contributed by atoms with Crippen molar-refractivity contribution >= 4 is 0 Å². The minimum Gasteiger partial charge on any atom is -1.00 e. The van der Waals surface area contributed by atoms with Gasteiger partial charge < -0.3 is 37.2 Å². The molecule has 0 atom stereocenters. The number of allylic oxidation sites excluding steroid dienone is 4. The van der Waals surface area contributed by atoms with Gasteiger partial charge in [-0.2, -0.15) is 0 Å². The van der Waals surface area contributed by atoms with Crippen molar-refractivity contribution in [1.82, 2.24) is 0 Å². The van der Waals surface area contributed by atoms with E-state index in [0.717, 1.165) is 6.42 Å². The molecule has 0 fully saturated rings. The monoisotopic (exact) mass is 600 g/mol. The third-order valence-electron chi connectivity index (χ3n) is 7.25. The largest absolute Gasteiger partial charge is 1.00 e. The van der Waals surface area contributed by atoms with Crippen LogP contribution in [0, 0.1) is 47.0 Å². The molecule has 3 aromatic carbocycles. The van der Waals surface area contributed by atoms with Gasteiger partial charge in [-0.05, 0) is 0 Å². The van der Waals surface area contributed by atoms with Crippen LogP contribution in [0.3, 0.4) is 0 Å². The summed E-state index contributed by atoms with van der Waals surface area (Å²) < 4.78 is 1.43. The molecule has 0 unspecified atom stereocenters. The van der Waals surface area contributed by atoms with Gasteiger partial charge in [0, 0.05) is 0 Å². The zero-order valence-corrected chi connectivity index (χ0v) is 27.9. The number of aryl methyl sites for hydroxylation is 6. The first kappa shape index (κ1) is 34.8. The van der Waals surface area contributed by atoms with Gasteiger partial charge in [0.15, 0.2) is 0 Å². The molecule has 0 N–H and O–H groups in total. The van der Waals surface area contributed by atoms with Crippen LogP contribution >= 0.6 is 0 Å². The van der Waals surface area contributed by atoms with Crippen molar-refractivity contribution in [1.29, 1.82) is 0 Å². The molecule has 1 aliphatic carbocycles. The maximum atomic E-state index is 2.46. The summed E-state index contributed by atoms with van der Waals surface area (Å²) in [4.78, 5) is 0. The van der Waals surface area contributed by atoms with Gasteiger partial charge in [-0.3, -0.25) is 0 Å². The Morgan fingerprint density at radius 1 is 0.526 bits per heavy atom. The number of rotatable bonds is 4. The Kier molecular flexibility index (Phi) is 11.8. The predicted octanol–water partition coefficient (Wildman–Crippen LogP) is 0.0606. The van der Waals surface area contributed by atoms with E-state index >= 15 is 0 Å². The van der Waals surface area contributed by atoms with Crippen LogP contribution in [-0.4, -0.2) is 0 Å². The van der Waals surface area contributed by atoms with Gasteiger partial charge >= 0.3 is 226 Å². The standard InChI is InChI=1S/C34H39.3ClH.Ti/c1-22-13-23(2)17-28(16-22)34(29-18-24(3)14-25(4)19-29,30-20-26(5)15-27(6)21-30)32-12-10-11-31(32)33(7,8)9;;;;/h10,13-21H,12H2,1-9H3;3*1H;/q;;;;+3/p-3. The molecule has 0 radical (unpaired) electrons. The third kappa shape index (κ3) is 6.54. The van der Waals surface area contributed by atoms with Crippen LogP contribution in [0.25, 0.3) is 0 Å². The van der Waals surface area contributed by atoms with Crippen LogP contribution < -0.4 is 37.2 Å². The molecule has 0 saturated heterocycles. The second-order valence-corrected chi connectivity index (χ2v) is 12.6. The van der Waals surface area contributed by atoms with Crippen molar-refractivity contribution in [3.05, 3.63) is 126 Å². The van der Waals surface area contributed by atoms with Gasteiger partial charge in [-0.1, -0.05) is 0 Å². The van der Waals surface area contributed by atoms with Crippen molar-refractivity contribution in [2.45, 2.75) is 74.1 Å². The second-order valence-electron chi connectivity index (χ2n) is 11.8. The molecule has 0 saturated carbocycles. The maximum Gasteiger partial charge on any atom is -1.00 e. The molecule has 4 rings (SSSR count). The van der Waals surface area contributed by atoms with Crippen molar-refractivity contribution in [2.75, 3.05) is 0 Å². The van der Waals surface area contributed by atoms with Crippen molar-refractivity contribution in [3.63, 3.8) is 0 Å². The zero-order valence-electron chi connectivity index (χ0n) is 24.1. The van der Waals surface area contributed by atoms with E-state index in [2.05, 4.69) is 143 Å². The Bertz CT molecular complexity index is 1190. The fraction of sp³-hybridized carbons (Fsp3) is 0.353. The number of benzene rings is 3. The van der Waals surface area contributed by atoms with Crippen LogP contribution in [0.2, 0.25) is 0 Å². The van der Waals surface area contributed by atoms with E-state index in [0.29, 0.717) is 0 Å². The smallest absolute Gasteiger partial charge is 1.00 e. The van der Waals surface area contributed by atoms with E-state index in [1.165, 1.54) is 65.1 Å². The third-order valence-corrected chi connectivity index (χ3v) is 7.96. The molecule has 4 heteroatoms. The fourth-order valence-corrected chi connectivity index (χ4v) is 7.34. The van der Waals surface area contributed by atoms with Gasteiger partial charge in [-0.15, -0.1) is 0 Å². The van der Waals surface area contributed by atoms with Crippen molar-refractivity contribution in [3.8, 4) is 0 Å². The fourth-order valence-electron chi connectivity index (χ4n) is 6.36. The number of hydrogen-bond donors (Lipinski definition) is 0. The van der Waals surface area contributed by atoms with Gasteiger partial charge in [0.1, 0.15) is 0 Å². The second kappa shape index (κ2) is 12.9. The average Bonchev–Trinajstić information content (AvgIpc) is 3.08. The summed E-state index contributed by atoms with van der Waals surface area (Å²) in [5, 5.41) is 0. The van der Waals surface area contributed by atoms with Gasteiger partial charge in [0.2, 0.25) is 0 Å². The first-order valence-corrected chi connectivity index (χ1v) is 13.5. The normalized spacial score (nSPS) is 13.4. The number of hydrogen-bond acceptors (Lipinski definition) is 0. The summed E-state index contributed by atoms with van der Waals surface area (Å²) >= 11 is 2.31. The van der Waals surface area contributed by atoms with Crippen molar-refractivity contribution < 1.29 is 57.7 Å². The molecule has 38 heavy (non-hydrogen) atoms. The molecule has 0 nitrogen and oxygen atoms in total. The summed E-state index contributed by atoms with van der Waals surface area (Å²) in [5.74, 6) is 0. The Balaban J connectivity index is 0.00000241. The van der Waals surface area contributed by atoms with Crippen LogP contribution in [0.15, 0.2) is 75.7 Å². The molecular formula is C34H39Cl3Ti. The molecule has 0 bridgehead atoms. The van der Waals surface area contributed by atoms with E-state index in [1.54, 1.807) is 0 Å². The topological polar surface area (TPSA) is 0 Å².